The van der Waals surface area contributed by atoms with Crippen LogP contribution in [0.15, 0.2) is 48.5 Å². The summed E-state index contributed by atoms with van der Waals surface area (Å²) in [5.74, 6) is 0.501. The fraction of sp³-hybridized carbons (Fsp3) is 0.462. The normalized spacial score (nSPS) is 15.0. The molecule has 1 fully saturated rings. The zero-order valence-corrected chi connectivity index (χ0v) is 20.6. The number of hydrogen-bond acceptors (Lipinski definition) is 3. The molecule has 0 heterocycles. The van der Waals surface area contributed by atoms with Crippen molar-refractivity contribution in [1.29, 1.82) is 0 Å². The van der Waals surface area contributed by atoms with E-state index >= 15 is 0 Å². The number of hydrogen-bond donors (Lipinski definition) is 1. The zero-order valence-electron chi connectivity index (χ0n) is 19.1. The first-order valence-electron chi connectivity index (χ1n) is 11.7. The van der Waals surface area contributed by atoms with E-state index in [1.54, 1.807) is 42.2 Å². The monoisotopic (exact) mass is 490 g/mol. The maximum Gasteiger partial charge on any atom is 0.242 e. The van der Waals surface area contributed by atoms with E-state index in [1.807, 2.05) is 18.2 Å². The minimum atomic E-state index is -0.590. The predicted molar refractivity (Wildman–Crippen MR) is 133 cm³/mol. The van der Waals surface area contributed by atoms with Crippen LogP contribution in [0.2, 0.25) is 10.0 Å². The van der Waals surface area contributed by atoms with E-state index in [2.05, 4.69) is 5.32 Å². The second kappa shape index (κ2) is 12.9. The lowest BCUT2D eigenvalue weighted by molar-refractivity contribution is -0.141. The maximum absolute atomic E-state index is 13.2. The fourth-order valence-corrected chi connectivity index (χ4v) is 4.37. The summed E-state index contributed by atoms with van der Waals surface area (Å²) in [4.78, 5) is 27.8. The van der Waals surface area contributed by atoms with Crippen LogP contribution in [-0.2, 0) is 16.1 Å². The van der Waals surface area contributed by atoms with Crippen LogP contribution in [-0.4, -0.2) is 35.4 Å². The second-order valence-electron chi connectivity index (χ2n) is 8.54. The number of benzene rings is 2. The van der Waals surface area contributed by atoms with Crippen LogP contribution >= 0.6 is 23.2 Å². The molecule has 1 N–H and O–H groups in total. The molecule has 2 aromatic carbocycles. The van der Waals surface area contributed by atoms with Gasteiger partial charge in [-0.2, -0.15) is 0 Å². The van der Waals surface area contributed by atoms with Crippen LogP contribution in [0.25, 0.3) is 0 Å². The molecule has 1 saturated carbocycles. The van der Waals surface area contributed by atoms with E-state index in [1.165, 1.54) is 6.42 Å². The van der Waals surface area contributed by atoms with Gasteiger partial charge in [-0.15, -0.1) is 0 Å². The van der Waals surface area contributed by atoms with Gasteiger partial charge in [-0.3, -0.25) is 9.59 Å². The molecule has 1 atom stereocenters. The number of carbonyl (C=O) groups excluding carboxylic acids is 2. The molecule has 5 nitrogen and oxygen atoms in total. The third kappa shape index (κ3) is 7.94. The Hall–Kier alpha value is -2.24. The molecule has 1 aliphatic carbocycles. The van der Waals surface area contributed by atoms with Gasteiger partial charge in [0.25, 0.3) is 0 Å². The highest BCUT2D eigenvalue weighted by molar-refractivity contribution is 6.31. The predicted octanol–water partition coefficient (Wildman–Crippen LogP) is 6.02. The van der Waals surface area contributed by atoms with Crippen molar-refractivity contribution in [1.82, 2.24) is 10.2 Å². The summed E-state index contributed by atoms with van der Waals surface area (Å²) in [6.45, 7) is 2.48. The van der Waals surface area contributed by atoms with Crippen molar-refractivity contribution >= 4 is 35.0 Å². The van der Waals surface area contributed by atoms with Crippen LogP contribution in [0.1, 0.15) is 57.4 Å². The second-order valence-corrected chi connectivity index (χ2v) is 9.38. The molecule has 2 aromatic rings. The molecule has 0 unspecified atom stereocenters. The Labute approximate surface area is 206 Å². The summed E-state index contributed by atoms with van der Waals surface area (Å²) in [6, 6.07) is 14.1. The van der Waals surface area contributed by atoms with Crippen molar-refractivity contribution in [2.75, 3.05) is 6.61 Å². The maximum atomic E-state index is 13.2. The van der Waals surface area contributed by atoms with Crippen molar-refractivity contribution in [2.24, 2.45) is 0 Å². The first-order valence-corrected chi connectivity index (χ1v) is 12.4. The fourth-order valence-electron chi connectivity index (χ4n) is 4.05. The van der Waals surface area contributed by atoms with Crippen LogP contribution in [0.5, 0.6) is 5.75 Å². The first-order chi connectivity index (χ1) is 15.9. The van der Waals surface area contributed by atoms with Gasteiger partial charge in [-0.1, -0.05) is 60.7 Å². The van der Waals surface area contributed by atoms with Gasteiger partial charge in [0.2, 0.25) is 11.8 Å². The Kier molecular flexibility index (Phi) is 9.89. The van der Waals surface area contributed by atoms with Crippen molar-refractivity contribution < 1.29 is 14.3 Å². The van der Waals surface area contributed by atoms with E-state index < -0.39 is 6.04 Å². The molecule has 0 aliphatic heterocycles. The number of rotatable bonds is 10. The summed E-state index contributed by atoms with van der Waals surface area (Å²) in [7, 11) is 0. The molecule has 1 aliphatic rings. The lowest BCUT2D eigenvalue weighted by Crippen LogP contribution is -2.50. The average molecular weight is 491 g/mol. The highest BCUT2D eigenvalue weighted by atomic mass is 35.5. The van der Waals surface area contributed by atoms with Crippen LogP contribution in [0.4, 0.5) is 0 Å². The van der Waals surface area contributed by atoms with Crippen LogP contribution in [0, 0.1) is 0 Å². The smallest absolute Gasteiger partial charge is 0.242 e. The molecule has 0 radical (unpaired) electrons. The molecule has 178 valence electrons. The summed E-state index contributed by atoms with van der Waals surface area (Å²) in [6.07, 6.45) is 6.30. The van der Waals surface area contributed by atoms with E-state index in [-0.39, 0.29) is 30.8 Å². The van der Waals surface area contributed by atoms with Crippen molar-refractivity contribution in [3.8, 4) is 5.75 Å². The SMILES string of the molecule is C[C@@H](C(=O)NC1CCCCC1)N(Cc1ccccc1Cl)C(=O)CCCOc1ccc(Cl)cc1. The summed E-state index contributed by atoms with van der Waals surface area (Å²) < 4.78 is 5.71. The lowest BCUT2D eigenvalue weighted by Gasteiger charge is -2.31. The molecule has 2 amide bonds. The van der Waals surface area contributed by atoms with E-state index in [4.69, 9.17) is 27.9 Å². The quantitative estimate of drug-likeness (QED) is 0.414. The largest absolute Gasteiger partial charge is 0.494 e. The average Bonchev–Trinajstić information content (AvgIpc) is 2.82. The third-order valence-electron chi connectivity index (χ3n) is 6.03. The molecular formula is C26H32Cl2N2O3. The Balaban J connectivity index is 1.60. The summed E-state index contributed by atoms with van der Waals surface area (Å²) >= 11 is 12.2. The van der Waals surface area contributed by atoms with Crippen molar-refractivity contribution in [2.45, 2.75) is 70.5 Å². The standard InChI is InChI=1S/C26H32Cl2N2O3/c1-19(26(32)29-22-9-3-2-4-10-22)30(18-20-8-5-6-11-24(20)28)25(31)12-7-17-33-23-15-13-21(27)14-16-23/h5-6,8,11,13-16,19,22H,2-4,7,9-10,12,17-18H2,1H3,(H,29,32)/t19-/m0/s1. The number of amides is 2. The number of nitrogens with zero attached hydrogens (tertiary/aromatic N) is 1. The number of halogens is 2. The van der Waals surface area contributed by atoms with Gasteiger partial charge in [0, 0.05) is 29.1 Å². The Bertz CT molecular complexity index is 914. The van der Waals surface area contributed by atoms with Gasteiger partial charge in [0.1, 0.15) is 11.8 Å². The number of ether oxygens (including phenoxy) is 1. The van der Waals surface area contributed by atoms with E-state index in [0.717, 1.165) is 31.2 Å². The molecule has 33 heavy (non-hydrogen) atoms. The van der Waals surface area contributed by atoms with Gasteiger partial charge < -0.3 is 15.0 Å². The highest BCUT2D eigenvalue weighted by Crippen LogP contribution is 2.21. The lowest BCUT2D eigenvalue weighted by atomic mass is 9.95. The van der Waals surface area contributed by atoms with Crippen molar-refractivity contribution in [3.63, 3.8) is 0 Å². The van der Waals surface area contributed by atoms with E-state index in [9.17, 15) is 9.59 Å². The summed E-state index contributed by atoms with van der Waals surface area (Å²) in [5, 5.41) is 4.38. The summed E-state index contributed by atoms with van der Waals surface area (Å²) in [5.41, 5.74) is 0.822. The molecule has 0 bridgehead atoms. The van der Waals surface area contributed by atoms with E-state index in [0.29, 0.717) is 28.8 Å². The molecule has 3 rings (SSSR count). The van der Waals surface area contributed by atoms with Gasteiger partial charge in [0.05, 0.1) is 6.61 Å². The molecule has 0 saturated heterocycles. The third-order valence-corrected chi connectivity index (χ3v) is 6.66. The first kappa shape index (κ1) is 25.4. The van der Waals surface area contributed by atoms with Gasteiger partial charge >= 0.3 is 0 Å². The minimum Gasteiger partial charge on any atom is -0.494 e. The molecule has 0 spiro atoms. The highest BCUT2D eigenvalue weighted by Gasteiger charge is 2.28. The molecule has 7 heteroatoms. The molecular weight excluding hydrogens is 459 g/mol. The van der Waals surface area contributed by atoms with Crippen LogP contribution < -0.4 is 10.1 Å². The Morgan fingerprint density at radius 3 is 2.45 bits per heavy atom. The molecule has 0 aromatic heterocycles. The van der Waals surface area contributed by atoms with Crippen LogP contribution in [0.3, 0.4) is 0 Å². The Morgan fingerprint density at radius 1 is 1.06 bits per heavy atom. The number of nitrogens with one attached hydrogen (secondary N) is 1. The number of carbonyl (C=O) groups is 2. The van der Waals surface area contributed by atoms with Gasteiger partial charge in [-0.25, -0.2) is 0 Å². The Morgan fingerprint density at radius 2 is 1.76 bits per heavy atom. The van der Waals surface area contributed by atoms with Gasteiger partial charge in [-0.05, 0) is 62.1 Å². The zero-order chi connectivity index (χ0) is 23.6. The minimum absolute atomic E-state index is 0.0964. The topological polar surface area (TPSA) is 58.6 Å². The van der Waals surface area contributed by atoms with Crippen molar-refractivity contribution in [3.05, 3.63) is 64.1 Å². The van der Waals surface area contributed by atoms with Gasteiger partial charge in [0.15, 0.2) is 0 Å².